The average molecular weight is 126 g/mol. The van der Waals surface area contributed by atoms with Crippen LogP contribution in [0, 0.1) is 0 Å². The lowest BCUT2D eigenvalue weighted by Crippen LogP contribution is -2.19. The van der Waals surface area contributed by atoms with Crippen molar-refractivity contribution in [3.63, 3.8) is 0 Å². The van der Waals surface area contributed by atoms with Crippen molar-refractivity contribution in [1.82, 2.24) is 4.90 Å². The minimum atomic E-state index is -0.0874. The van der Waals surface area contributed by atoms with Gasteiger partial charge in [0.15, 0.2) is 0 Å². The van der Waals surface area contributed by atoms with Crippen LogP contribution in [0.5, 0.6) is 0 Å². The Bertz CT molecular complexity index is 140. The summed E-state index contributed by atoms with van der Waals surface area (Å²) in [6.07, 6.45) is 2.82. The van der Waals surface area contributed by atoms with Crippen LogP contribution in [0.3, 0.4) is 0 Å². The molecule has 0 radical (unpaired) electrons. The number of carbonyl (C=O) groups excluding carboxylic acids is 1. The number of amides is 1. The molecular weight excluding hydrogens is 116 g/mol. The topological polar surface area (TPSA) is 32.7 Å². The van der Waals surface area contributed by atoms with E-state index in [1.165, 1.54) is 24.4 Å². The summed E-state index contributed by atoms with van der Waals surface area (Å²) in [6, 6.07) is 0. The molecule has 1 amide bonds. The molecule has 0 aliphatic carbocycles. The van der Waals surface area contributed by atoms with E-state index in [0.29, 0.717) is 0 Å². The molecular formula is C6H10N2O. The number of nitrogens with zero attached hydrogens (tertiary/aromatic N) is 2. The molecule has 0 aromatic carbocycles. The Morgan fingerprint density at radius 2 is 2.33 bits per heavy atom. The Morgan fingerprint density at radius 3 is 2.44 bits per heavy atom. The molecule has 0 aromatic heterocycles. The first-order valence-electron chi connectivity index (χ1n) is 2.56. The first-order valence-corrected chi connectivity index (χ1v) is 2.56. The van der Waals surface area contributed by atoms with Crippen molar-refractivity contribution >= 4 is 12.2 Å². The zero-order valence-electron chi connectivity index (χ0n) is 5.66. The van der Waals surface area contributed by atoms with E-state index in [1.807, 2.05) is 0 Å². The lowest BCUT2D eigenvalue weighted by molar-refractivity contribution is -0.123. The van der Waals surface area contributed by atoms with Crippen LogP contribution in [0.1, 0.15) is 6.92 Å². The standard InChI is InChI=1S/C6H10N2O/c1-4-8(5-7-3)6(2)9/h4-5H,1H2,2-3H3. The second-order valence-corrected chi connectivity index (χ2v) is 1.48. The number of rotatable bonds is 2. The quantitative estimate of drug-likeness (QED) is 0.394. The van der Waals surface area contributed by atoms with E-state index in [9.17, 15) is 4.79 Å². The fourth-order valence-electron chi connectivity index (χ4n) is 0.381. The number of hydrogen-bond donors (Lipinski definition) is 0. The van der Waals surface area contributed by atoms with E-state index >= 15 is 0 Å². The van der Waals surface area contributed by atoms with E-state index in [2.05, 4.69) is 11.6 Å². The second-order valence-electron chi connectivity index (χ2n) is 1.48. The molecule has 0 rings (SSSR count). The number of carbonyl (C=O) groups is 1. The van der Waals surface area contributed by atoms with Crippen LogP contribution in [0.25, 0.3) is 0 Å². The van der Waals surface area contributed by atoms with Crippen LogP contribution >= 0.6 is 0 Å². The largest absolute Gasteiger partial charge is 0.279 e. The molecule has 0 saturated heterocycles. The third-order valence-electron chi connectivity index (χ3n) is 0.800. The fourth-order valence-corrected chi connectivity index (χ4v) is 0.381. The maximum absolute atomic E-state index is 10.5. The molecule has 9 heavy (non-hydrogen) atoms. The molecule has 0 N–H and O–H groups in total. The maximum atomic E-state index is 10.5. The molecule has 3 heteroatoms. The summed E-state index contributed by atoms with van der Waals surface area (Å²) in [7, 11) is 1.60. The second kappa shape index (κ2) is 3.83. The lowest BCUT2D eigenvalue weighted by Gasteiger charge is -2.05. The monoisotopic (exact) mass is 126 g/mol. The normalized spacial score (nSPS) is 9.56. The zero-order valence-corrected chi connectivity index (χ0v) is 5.66. The van der Waals surface area contributed by atoms with Gasteiger partial charge in [0.05, 0.1) is 6.34 Å². The first kappa shape index (κ1) is 7.88. The highest BCUT2D eigenvalue weighted by atomic mass is 16.2. The van der Waals surface area contributed by atoms with E-state index in [0.717, 1.165) is 0 Å². The van der Waals surface area contributed by atoms with E-state index in [4.69, 9.17) is 0 Å². The van der Waals surface area contributed by atoms with Crippen LogP contribution in [-0.2, 0) is 4.79 Å². The summed E-state index contributed by atoms with van der Waals surface area (Å²) in [4.78, 5) is 15.5. The van der Waals surface area contributed by atoms with Gasteiger partial charge in [-0.2, -0.15) is 0 Å². The van der Waals surface area contributed by atoms with Crippen LogP contribution in [0.4, 0.5) is 0 Å². The van der Waals surface area contributed by atoms with Crippen molar-refractivity contribution in [3.8, 4) is 0 Å². The summed E-state index contributed by atoms with van der Waals surface area (Å²) >= 11 is 0. The first-order chi connectivity index (χ1) is 4.22. The molecule has 0 aromatic rings. The summed E-state index contributed by atoms with van der Waals surface area (Å²) < 4.78 is 0. The summed E-state index contributed by atoms with van der Waals surface area (Å²) in [6.45, 7) is 4.86. The Hall–Kier alpha value is -1.12. The van der Waals surface area contributed by atoms with Gasteiger partial charge in [-0.25, -0.2) is 0 Å². The lowest BCUT2D eigenvalue weighted by atomic mass is 10.6. The molecule has 0 saturated carbocycles. The molecule has 50 valence electrons. The van der Waals surface area contributed by atoms with E-state index < -0.39 is 0 Å². The van der Waals surface area contributed by atoms with Crippen molar-refractivity contribution in [2.75, 3.05) is 7.05 Å². The van der Waals surface area contributed by atoms with Gasteiger partial charge in [0, 0.05) is 20.2 Å². The minimum Gasteiger partial charge on any atom is -0.279 e. The SMILES string of the molecule is C=CN(C=NC)C(C)=O. The van der Waals surface area contributed by atoms with Crippen molar-refractivity contribution < 1.29 is 4.79 Å². The molecule has 0 atom stereocenters. The van der Waals surface area contributed by atoms with Gasteiger partial charge < -0.3 is 0 Å². The smallest absolute Gasteiger partial charge is 0.228 e. The number of aliphatic imine (C=N–C) groups is 1. The van der Waals surface area contributed by atoms with Gasteiger partial charge in [-0.1, -0.05) is 6.58 Å². The zero-order chi connectivity index (χ0) is 7.28. The van der Waals surface area contributed by atoms with Crippen molar-refractivity contribution in [2.24, 2.45) is 4.99 Å². The van der Waals surface area contributed by atoms with E-state index in [1.54, 1.807) is 7.05 Å². The third-order valence-corrected chi connectivity index (χ3v) is 0.800. The van der Waals surface area contributed by atoms with Gasteiger partial charge in [0.2, 0.25) is 5.91 Å². The highest BCUT2D eigenvalue weighted by Gasteiger charge is 1.96. The Balaban J connectivity index is 3.98. The molecule has 0 heterocycles. The highest BCUT2D eigenvalue weighted by Crippen LogP contribution is 1.82. The Labute approximate surface area is 54.7 Å². The van der Waals surface area contributed by atoms with Crippen molar-refractivity contribution in [1.29, 1.82) is 0 Å². The molecule has 0 fully saturated rings. The summed E-state index contributed by atoms with van der Waals surface area (Å²) in [5, 5.41) is 0. The Kier molecular flexibility index (Phi) is 3.35. The van der Waals surface area contributed by atoms with Crippen LogP contribution in [-0.4, -0.2) is 24.2 Å². The van der Waals surface area contributed by atoms with Gasteiger partial charge in [0.25, 0.3) is 0 Å². The molecule has 0 spiro atoms. The Morgan fingerprint density at radius 1 is 1.78 bits per heavy atom. The molecule has 3 nitrogen and oxygen atoms in total. The van der Waals surface area contributed by atoms with Crippen LogP contribution in [0.2, 0.25) is 0 Å². The van der Waals surface area contributed by atoms with Gasteiger partial charge in [-0.15, -0.1) is 0 Å². The van der Waals surface area contributed by atoms with Gasteiger partial charge in [-0.3, -0.25) is 14.7 Å². The van der Waals surface area contributed by atoms with E-state index in [-0.39, 0.29) is 5.91 Å². The van der Waals surface area contributed by atoms with Crippen molar-refractivity contribution in [3.05, 3.63) is 12.8 Å². The summed E-state index contributed by atoms with van der Waals surface area (Å²) in [5.41, 5.74) is 0. The van der Waals surface area contributed by atoms with Gasteiger partial charge >= 0.3 is 0 Å². The average Bonchev–Trinajstić information content (AvgIpc) is 1.82. The third kappa shape index (κ3) is 2.64. The molecule has 0 bridgehead atoms. The fraction of sp³-hybridized carbons (Fsp3) is 0.333. The van der Waals surface area contributed by atoms with Crippen LogP contribution in [0.15, 0.2) is 17.8 Å². The molecule has 0 unspecified atom stereocenters. The molecule has 0 aliphatic heterocycles. The van der Waals surface area contributed by atoms with Crippen molar-refractivity contribution in [2.45, 2.75) is 6.92 Å². The minimum absolute atomic E-state index is 0.0874. The van der Waals surface area contributed by atoms with Crippen LogP contribution < -0.4 is 0 Å². The highest BCUT2D eigenvalue weighted by molar-refractivity contribution is 5.86. The predicted octanol–water partition coefficient (Wildman–Crippen LogP) is 0.637. The van der Waals surface area contributed by atoms with Gasteiger partial charge in [0.1, 0.15) is 0 Å². The predicted molar refractivity (Wildman–Crippen MR) is 37.1 cm³/mol. The maximum Gasteiger partial charge on any atom is 0.228 e. The van der Waals surface area contributed by atoms with Gasteiger partial charge in [-0.05, 0) is 0 Å². The molecule has 0 aliphatic rings. The number of hydrogen-bond acceptors (Lipinski definition) is 2. The summed E-state index contributed by atoms with van der Waals surface area (Å²) in [5.74, 6) is -0.0874.